The van der Waals surface area contributed by atoms with Crippen LogP contribution < -0.4 is 4.18 Å². The number of halogens is 6. The van der Waals surface area contributed by atoms with Crippen molar-refractivity contribution < 1.29 is 48.5 Å². The van der Waals surface area contributed by atoms with Crippen molar-refractivity contribution >= 4 is 27.0 Å². The third-order valence-electron chi connectivity index (χ3n) is 3.41. The zero-order valence-electron chi connectivity index (χ0n) is 13.6. The SMILES string of the molecule is CCOC(=O)c1cc2c(C(F)(F)F)cc(OS(=O)(=O)C(F)(F)F)cc2n1C. The van der Waals surface area contributed by atoms with E-state index < -0.39 is 44.5 Å². The molecule has 2 aromatic rings. The van der Waals surface area contributed by atoms with Crippen LogP contribution in [0.3, 0.4) is 0 Å². The van der Waals surface area contributed by atoms with E-state index in [-0.39, 0.29) is 23.9 Å². The van der Waals surface area contributed by atoms with Gasteiger partial charge in [-0.3, -0.25) is 0 Å². The van der Waals surface area contributed by atoms with E-state index in [1.54, 1.807) is 0 Å². The van der Waals surface area contributed by atoms with Gasteiger partial charge in [0.05, 0.1) is 17.7 Å². The molecule has 0 spiro atoms. The number of esters is 1. The molecule has 0 unspecified atom stereocenters. The Balaban J connectivity index is 2.73. The highest BCUT2D eigenvalue weighted by Crippen LogP contribution is 2.40. The smallest absolute Gasteiger partial charge is 0.461 e. The minimum Gasteiger partial charge on any atom is -0.461 e. The lowest BCUT2D eigenvalue weighted by Crippen LogP contribution is -2.28. The number of benzene rings is 1. The van der Waals surface area contributed by atoms with Crippen LogP contribution in [0.4, 0.5) is 26.3 Å². The molecule has 6 nitrogen and oxygen atoms in total. The Morgan fingerprint density at radius 2 is 1.70 bits per heavy atom. The lowest BCUT2D eigenvalue weighted by Gasteiger charge is -2.13. The van der Waals surface area contributed by atoms with E-state index in [0.717, 1.165) is 17.7 Å². The number of carbonyl (C=O) groups is 1. The average molecular weight is 419 g/mol. The molecule has 0 saturated carbocycles. The molecule has 0 fully saturated rings. The van der Waals surface area contributed by atoms with E-state index in [4.69, 9.17) is 4.74 Å². The molecule has 0 atom stereocenters. The predicted molar refractivity (Wildman–Crippen MR) is 79.5 cm³/mol. The van der Waals surface area contributed by atoms with Gasteiger partial charge >= 0.3 is 27.8 Å². The molecule has 0 bridgehead atoms. The number of carbonyl (C=O) groups excluding carboxylic acids is 1. The number of alkyl halides is 6. The van der Waals surface area contributed by atoms with Crippen LogP contribution in [0, 0.1) is 0 Å². The molecule has 1 aromatic carbocycles. The zero-order valence-corrected chi connectivity index (χ0v) is 14.4. The van der Waals surface area contributed by atoms with Crippen LogP contribution in [0.25, 0.3) is 10.9 Å². The first-order valence-corrected chi connectivity index (χ1v) is 8.48. The number of hydrogen-bond donors (Lipinski definition) is 0. The maximum Gasteiger partial charge on any atom is 0.534 e. The van der Waals surface area contributed by atoms with Crippen LogP contribution in [0.5, 0.6) is 5.75 Å². The summed E-state index contributed by atoms with van der Waals surface area (Å²) in [7, 11) is -5.02. The average Bonchev–Trinajstić information content (AvgIpc) is 2.81. The summed E-state index contributed by atoms with van der Waals surface area (Å²) in [6.45, 7) is 1.40. The lowest BCUT2D eigenvalue weighted by atomic mass is 10.1. The van der Waals surface area contributed by atoms with Crippen LogP contribution in [0.1, 0.15) is 23.0 Å². The molecule has 0 aliphatic carbocycles. The van der Waals surface area contributed by atoms with Gasteiger partial charge in [-0.25, -0.2) is 4.79 Å². The molecule has 0 amide bonds. The Labute approximate surface area is 148 Å². The van der Waals surface area contributed by atoms with Crippen molar-refractivity contribution in [2.45, 2.75) is 18.6 Å². The summed E-state index contributed by atoms with van der Waals surface area (Å²) in [5.41, 5.74) is -7.99. The largest absolute Gasteiger partial charge is 0.534 e. The summed E-state index contributed by atoms with van der Waals surface area (Å²) in [5.74, 6) is -2.17. The lowest BCUT2D eigenvalue weighted by molar-refractivity contribution is -0.136. The Bertz CT molecular complexity index is 990. The molecule has 0 N–H and O–H groups in total. The molecular weight excluding hydrogens is 408 g/mol. The molecule has 0 aliphatic rings. The first kappa shape index (κ1) is 20.9. The number of aryl methyl sites for hydroxylation is 1. The van der Waals surface area contributed by atoms with Crippen molar-refractivity contribution in [1.29, 1.82) is 0 Å². The Morgan fingerprint density at radius 1 is 1.11 bits per heavy atom. The first-order valence-electron chi connectivity index (χ1n) is 7.07. The number of ether oxygens (including phenoxy) is 1. The van der Waals surface area contributed by atoms with Gasteiger partial charge in [0.1, 0.15) is 11.4 Å². The monoisotopic (exact) mass is 419 g/mol. The third-order valence-corrected chi connectivity index (χ3v) is 4.39. The van der Waals surface area contributed by atoms with Crippen LogP contribution in [-0.2, 0) is 28.1 Å². The fraction of sp³-hybridized carbons (Fsp3) is 0.357. The molecule has 0 aliphatic heterocycles. The Kier molecular flexibility index (Phi) is 5.12. The summed E-state index contributed by atoms with van der Waals surface area (Å²) >= 11 is 0. The van der Waals surface area contributed by atoms with Crippen molar-refractivity contribution in [3.8, 4) is 5.75 Å². The Morgan fingerprint density at radius 3 is 2.19 bits per heavy atom. The van der Waals surface area contributed by atoms with Gasteiger partial charge in [-0.2, -0.15) is 34.8 Å². The molecule has 1 heterocycles. The van der Waals surface area contributed by atoms with Crippen LogP contribution in [0.15, 0.2) is 18.2 Å². The van der Waals surface area contributed by atoms with Crippen molar-refractivity contribution in [2.24, 2.45) is 7.05 Å². The maximum atomic E-state index is 13.3. The molecule has 13 heteroatoms. The molecule has 27 heavy (non-hydrogen) atoms. The number of aromatic nitrogens is 1. The Hall–Kier alpha value is -2.44. The van der Waals surface area contributed by atoms with E-state index in [9.17, 15) is 39.6 Å². The minimum atomic E-state index is -6.18. The summed E-state index contributed by atoms with van der Waals surface area (Å²) in [6.07, 6.45) is -5.06. The second-order valence-corrected chi connectivity index (χ2v) is 6.73. The molecule has 150 valence electrons. The second kappa shape index (κ2) is 6.62. The summed E-state index contributed by atoms with van der Waals surface area (Å²) in [6, 6.07) is 1.61. The van der Waals surface area contributed by atoms with Crippen molar-refractivity contribution in [2.75, 3.05) is 6.61 Å². The highest BCUT2D eigenvalue weighted by Gasteiger charge is 2.49. The van der Waals surface area contributed by atoms with E-state index in [2.05, 4.69) is 4.18 Å². The van der Waals surface area contributed by atoms with E-state index in [1.807, 2.05) is 0 Å². The van der Waals surface area contributed by atoms with Gasteiger partial charge < -0.3 is 13.5 Å². The highest BCUT2D eigenvalue weighted by atomic mass is 32.2. The van der Waals surface area contributed by atoms with Gasteiger partial charge in [0, 0.05) is 18.5 Å². The highest BCUT2D eigenvalue weighted by molar-refractivity contribution is 7.88. The fourth-order valence-corrected chi connectivity index (χ4v) is 2.71. The molecule has 2 rings (SSSR count). The number of hydrogen-bond acceptors (Lipinski definition) is 5. The predicted octanol–water partition coefficient (Wildman–Crippen LogP) is 3.60. The maximum absolute atomic E-state index is 13.3. The van der Waals surface area contributed by atoms with E-state index in [0.29, 0.717) is 6.07 Å². The number of rotatable bonds is 4. The van der Waals surface area contributed by atoms with Crippen molar-refractivity contribution in [3.63, 3.8) is 0 Å². The van der Waals surface area contributed by atoms with Gasteiger partial charge in [-0.15, -0.1) is 0 Å². The zero-order chi connectivity index (χ0) is 20.8. The molecule has 0 saturated heterocycles. The number of nitrogens with zero attached hydrogens (tertiary/aromatic N) is 1. The van der Waals surface area contributed by atoms with Gasteiger partial charge in [-0.05, 0) is 19.1 Å². The van der Waals surface area contributed by atoms with Crippen molar-refractivity contribution in [1.82, 2.24) is 4.57 Å². The first-order chi connectivity index (χ1) is 12.2. The quantitative estimate of drug-likeness (QED) is 0.328. The second-order valence-electron chi connectivity index (χ2n) is 5.19. The van der Waals surface area contributed by atoms with Crippen LogP contribution in [-0.4, -0.2) is 31.1 Å². The fourth-order valence-electron chi connectivity index (χ4n) is 2.26. The van der Waals surface area contributed by atoms with Gasteiger partial charge in [0.15, 0.2) is 0 Å². The van der Waals surface area contributed by atoms with Crippen LogP contribution in [0.2, 0.25) is 0 Å². The summed E-state index contributed by atoms with van der Waals surface area (Å²) < 4.78 is 109. The standard InChI is InChI=1S/C14H11F6NO5S/c1-3-25-12(22)11-6-8-9(13(15,16)17)4-7(5-10(8)21(11)2)26-27(23,24)14(18,19)20/h4-6H,3H2,1-2H3. The molecular formula is C14H11F6NO5S. The normalized spacial score (nSPS) is 13.0. The summed E-state index contributed by atoms with van der Waals surface area (Å²) in [5, 5.41) is -0.537. The van der Waals surface area contributed by atoms with E-state index >= 15 is 0 Å². The van der Waals surface area contributed by atoms with Crippen LogP contribution >= 0.6 is 0 Å². The topological polar surface area (TPSA) is 74.6 Å². The number of fused-ring (bicyclic) bond motifs is 1. The summed E-state index contributed by atoms with van der Waals surface area (Å²) in [4.78, 5) is 11.8. The van der Waals surface area contributed by atoms with Gasteiger partial charge in [0.25, 0.3) is 0 Å². The molecule has 1 aromatic heterocycles. The van der Waals surface area contributed by atoms with Gasteiger partial charge in [-0.1, -0.05) is 0 Å². The third kappa shape index (κ3) is 3.96. The van der Waals surface area contributed by atoms with Crippen molar-refractivity contribution in [3.05, 3.63) is 29.5 Å². The minimum absolute atomic E-state index is 0.0648. The molecule has 0 radical (unpaired) electrons. The van der Waals surface area contributed by atoms with E-state index in [1.165, 1.54) is 6.92 Å². The van der Waals surface area contributed by atoms with Gasteiger partial charge in [0.2, 0.25) is 0 Å².